The van der Waals surface area contributed by atoms with Crippen LogP contribution in [-0.4, -0.2) is 17.0 Å². The summed E-state index contributed by atoms with van der Waals surface area (Å²) in [5, 5.41) is 10.2. The molecule has 0 amide bonds. The standard InChI is InChI=1S/C27H44O2/c1-17(2)7-6-8-18(3)23-16-24(29)25-21-10-9-19-15-20(28)11-13-26(19,4)22(21)12-14-27(23,25)5/h17-20,22-23,28H,6-16H2,1-5H3/t18-,19?,20+,22+,23-,26+,27-/m1/s1. The van der Waals surface area contributed by atoms with Crippen molar-refractivity contribution in [1.82, 2.24) is 0 Å². The van der Waals surface area contributed by atoms with Gasteiger partial charge in [0.05, 0.1) is 6.10 Å². The lowest BCUT2D eigenvalue weighted by atomic mass is 9.48. The minimum Gasteiger partial charge on any atom is -0.393 e. The molecule has 0 saturated heterocycles. The summed E-state index contributed by atoms with van der Waals surface area (Å²) in [7, 11) is 0. The predicted octanol–water partition coefficient (Wildman–Crippen LogP) is 6.71. The zero-order valence-corrected chi connectivity index (χ0v) is 19.6. The smallest absolute Gasteiger partial charge is 0.159 e. The van der Waals surface area contributed by atoms with E-state index in [0.717, 1.165) is 38.0 Å². The van der Waals surface area contributed by atoms with Gasteiger partial charge in [-0.3, -0.25) is 4.79 Å². The van der Waals surface area contributed by atoms with Gasteiger partial charge in [-0.25, -0.2) is 0 Å². The highest BCUT2D eigenvalue weighted by molar-refractivity contribution is 6.00. The molecule has 1 unspecified atom stereocenters. The second kappa shape index (κ2) is 7.81. The average Bonchev–Trinajstić information content (AvgIpc) is 2.93. The third kappa shape index (κ3) is 3.56. The zero-order valence-electron chi connectivity index (χ0n) is 19.6. The highest BCUT2D eigenvalue weighted by Gasteiger charge is 2.57. The number of rotatable bonds is 5. The summed E-state index contributed by atoms with van der Waals surface area (Å²) in [5.41, 5.74) is 3.29. The number of ketones is 1. The van der Waals surface area contributed by atoms with E-state index in [1.165, 1.54) is 44.1 Å². The first-order valence-electron chi connectivity index (χ1n) is 12.6. The van der Waals surface area contributed by atoms with E-state index in [1.807, 2.05) is 0 Å². The van der Waals surface area contributed by atoms with Crippen molar-refractivity contribution in [3.63, 3.8) is 0 Å². The summed E-state index contributed by atoms with van der Waals surface area (Å²) < 4.78 is 0. The Balaban J connectivity index is 1.59. The number of Topliss-reactive ketones (excluding diaryl/α,β-unsaturated/α-hetero) is 1. The topological polar surface area (TPSA) is 37.3 Å². The van der Waals surface area contributed by atoms with Crippen molar-refractivity contribution in [3.8, 4) is 0 Å². The Hall–Kier alpha value is -0.630. The van der Waals surface area contributed by atoms with Gasteiger partial charge >= 0.3 is 0 Å². The maximum atomic E-state index is 13.4. The van der Waals surface area contributed by atoms with Crippen molar-refractivity contribution < 1.29 is 9.90 Å². The van der Waals surface area contributed by atoms with E-state index in [0.29, 0.717) is 34.9 Å². The molecule has 3 saturated carbocycles. The minimum absolute atomic E-state index is 0.0969. The molecule has 0 aromatic rings. The molecule has 7 atom stereocenters. The zero-order chi connectivity index (χ0) is 21.0. The summed E-state index contributed by atoms with van der Waals surface area (Å²) in [5.74, 6) is 3.70. The van der Waals surface area contributed by atoms with Crippen LogP contribution in [0.15, 0.2) is 11.1 Å². The number of allylic oxidation sites excluding steroid dienone is 2. The summed E-state index contributed by atoms with van der Waals surface area (Å²) in [6.07, 6.45) is 12.4. The largest absolute Gasteiger partial charge is 0.393 e. The molecule has 0 bridgehead atoms. The van der Waals surface area contributed by atoms with Gasteiger partial charge in [-0.15, -0.1) is 0 Å². The van der Waals surface area contributed by atoms with Crippen molar-refractivity contribution in [2.45, 2.75) is 111 Å². The van der Waals surface area contributed by atoms with E-state index in [1.54, 1.807) is 5.57 Å². The van der Waals surface area contributed by atoms with Gasteiger partial charge in [-0.1, -0.05) is 59.5 Å². The molecule has 2 heteroatoms. The molecule has 0 spiro atoms. The first-order chi connectivity index (χ1) is 13.7. The molecule has 2 nitrogen and oxygen atoms in total. The van der Waals surface area contributed by atoms with Crippen LogP contribution in [-0.2, 0) is 4.79 Å². The van der Waals surface area contributed by atoms with E-state index in [9.17, 15) is 9.90 Å². The molecule has 0 heterocycles. The van der Waals surface area contributed by atoms with E-state index in [4.69, 9.17) is 0 Å². The van der Waals surface area contributed by atoms with Crippen LogP contribution in [0.1, 0.15) is 105 Å². The molecule has 4 aliphatic carbocycles. The molecule has 4 rings (SSSR count). The average molecular weight is 401 g/mol. The number of hydrogen-bond acceptors (Lipinski definition) is 2. The third-order valence-electron chi connectivity index (χ3n) is 9.96. The number of carbonyl (C=O) groups excluding carboxylic acids is 1. The molecule has 0 aliphatic heterocycles. The maximum Gasteiger partial charge on any atom is 0.159 e. The van der Waals surface area contributed by atoms with Crippen LogP contribution in [0.25, 0.3) is 0 Å². The lowest BCUT2D eigenvalue weighted by Crippen LogP contribution is -2.48. The van der Waals surface area contributed by atoms with E-state index in [2.05, 4.69) is 34.6 Å². The molecule has 3 fully saturated rings. The predicted molar refractivity (Wildman–Crippen MR) is 120 cm³/mol. The van der Waals surface area contributed by atoms with E-state index >= 15 is 0 Å². The first kappa shape index (κ1) is 21.6. The Kier molecular flexibility index (Phi) is 5.82. The molecule has 29 heavy (non-hydrogen) atoms. The van der Waals surface area contributed by atoms with Gasteiger partial charge in [0, 0.05) is 12.0 Å². The molecule has 0 radical (unpaired) electrons. The quantitative estimate of drug-likeness (QED) is 0.556. The van der Waals surface area contributed by atoms with Crippen LogP contribution in [0.3, 0.4) is 0 Å². The van der Waals surface area contributed by atoms with E-state index in [-0.39, 0.29) is 11.5 Å². The van der Waals surface area contributed by atoms with Crippen molar-refractivity contribution >= 4 is 5.78 Å². The van der Waals surface area contributed by atoms with Crippen molar-refractivity contribution in [3.05, 3.63) is 11.1 Å². The second-order valence-electron chi connectivity index (χ2n) is 12.1. The van der Waals surface area contributed by atoms with Gasteiger partial charge in [0.1, 0.15) is 0 Å². The Labute approximate surface area is 178 Å². The van der Waals surface area contributed by atoms with Crippen molar-refractivity contribution in [2.24, 2.45) is 40.4 Å². The van der Waals surface area contributed by atoms with Crippen LogP contribution in [0.4, 0.5) is 0 Å². The van der Waals surface area contributed by atoms with Crippen LogP contribution < -0.4 is 0 Å². The third-order valence-corrected chi connectivity index (χ3v) is 9.96. The lowest BCUT2D eigenvalue weighted by molar-refractivity contribution is -0.115. The second-order valence-corrected chi connectivity index (χ2v) is 12.1. The Bertz CT molecular complexity index is 676. The fourth-order valence-electron chi connectivity index (χ4n) is 8.22. The van der Waals surface area contributed by atoms with E-state index < -0.39 is 0 Å². The van der Waals surface area contributed by atoms with Crippen molar-refractivity contribution in [1.29, 1.82) is 0 Å². The molecule has 164 valence electrons. The van der Waals surface area contributed by atoms with Crippen LogP contribution >= 0.6 is 0 Å². The molecule has 0 aromatic heterocycles. The van der Waals surface area contributed by atoms with Crippen molar-refractivity contribution in [2.75, 3.05) is 0 Å². The number of fused-ring (bicyclic) bond motifs is 4. The van der Waals surface area contributed by atoms with Crippen LogP contribution in [0.2, 0.25) is 0 Å². The minimum atomic E-state index is -0.0969. The lowest BCUT2D eigenvalue weighted by Gasteiger charge is -2.56. The SMILES string of the molecule is CC(C)CCC[C@@H](C)[C@H]1CC(=O)C2=C3CCC4C[C@@H](O)CC[C@]4(C)[C@H]3CC[C@@]21C. The van der Waals surface area contributed by atoms with Crippen LogP contribution in [0.5, 0.6) is 0 Å². The summed E-state index contributed by atoms with van der Waals surface area (Å²) in [6, 6.07) is 0. The number of aliphatic hydroxyl groups excluding tert-OH is 1. The summed E-state index contributed by atoms with van der Waals surface area (Å²) in [6.45, 7) is 12.0. The van der Waals surface area contributed by atoms with Gasteiger partial charge in [0.25, 0.3) is 0 Å². The fourth-order valence-corrected chi connectivity index (χ4v) is 8.22. The Morgan fingerprint density at radius 2 is 1.83 bits per heavy atom. The highest BCUT2D eigenvalue weighted by Crippen LogP contribution is 2.65. The highest BCUT2D eigenvalue weighted by atomic mass is 16.3. The molecule has 4 aliphatic rings. The molecule has 1 N–H and O–H groups in total. The van der Waals surface area contributed by atoms with Gasteiger partial charge in [-0.05, 0) is 85.4 Å². The normalized spacial score (nSPS) is 43.2. The van der Waals surface area contributed by atoms with Gasteiger partial charge in [0.15, 0.2) is 5.78 Å². The Morgan fingerprint density at radius 1 is 1.07 bits per heavy atom. The summed E-state index contributed by atoms with van der Waals surface area (Å²) >= 11 is 0. The summed E-state index contributed by atoms with van der Waals surface area (Å²) in [4.78, 5) is 13.4. The van der Waals surface area contributed by atoms with Gasteiger partial charge in [-0.2, -0.15) is 0 Å². The van der Waals surface area contributed by atoms with Gasteiger partial charge < -0.3 is 5.11 Å². The first-order valence-corrected chi connectivity index (χ1v) is 12.6. The van der Waals surface area contributed by atoms with Crippen LogP contribution in [0, 0.1) is 40.4 Å². The Morgan fingerprint density at radius 3 is 2.55 bits per heavy atom. The monoisotopic (exact) mass is 400 g/mol. The number of aliphatic hydroxyl groups is 1. The molecular weight excluding hydrogens is 356 g/mol. The number of hydrogen-bond donors (Lipinski definition) is 1. The number of carbonyl (C=O) groups is 1. The maximum absolute atomic E-state index is 13.4. The molecule has 0 aromatic carbocycles. The van der Waals surface area contributed by atoms with Gasteiger partial charge in [0.2, 0.25) is 0 Å². The molecular formula is C27H44O2. The fraction of sp³-hybridized carbons (Fsp3) is 0.889.